The van der Waals surface area contributed by atoms with E-state index in [-0.39, 0.29) is 30.4 Å². The third kappa shape index (κ3) is 5.49. The molecule has 6 heteroatoms. The molecule has 0 aliphatic heterocycles. The average molecular weight is 353 g/mol. The van der Waals surface area contributed by atoms with Crippen LogP contribution >= 0.6 is 11.6 Å². The Balaban J connectivity index is 2.01. The normalized spacial score (nSPS) is 16.5. The van der Waals surface area contributed by atoms with Gasteiger partial charge in [-0.05, 0) is 38.0 Å². The van der Waals surface area contributed by atoms with Gasteiger partial charge in [0.2, 0.25) is 5.91 Å². The zero-order valence-electron chi connectivity index (χ0n) is 14.2. The number of ether oxygens (including phenoxy) is 1. The number of hydrogen-bond donors (Lipinski definition) is 2. The van der Waals surface area contributed by atoms with Crippen LogP contribution in [0.2, 0.25) is 5.02 Å². The maximum absolute atomic E-state index is 12.5. The average Bonchev–Trinajstić information content (AvgIpc) is 2.57. The van der Waals surface area contributed by atoms with Gasteiger partial charge in [-0.25, -0.2) is 0 Å². The molecule has 5 nitrogen and oxygen atoms in total. The van der Waals surface area contributed by atoms with Gasteiger partial charge in [-0.2, -0.15) is 0 Å². The van der Waals surface area contributed by atoms with Crippen molar-refractivity contribution in [3.63, 3.8) is 0 Å². The van der Waals surface area contributed by atoms with Gasteiger partial charge >= 0.3 is 0 Å². The summed E-state index contributed by atoms with van der Waals surface area (Å²) in [5, 5.41) is 6.20. The van der Waals surface area contributed by atoms with Crippen molar-refractivity contribution >= 4 is 29.1 Å². The second-order valence-corrected chi connectivity index (χ2v) is 6.71. The maximum Gasteiger partial charge on any atom is 0.253 e. The monoisotopic (exact) mass is 352 g/mol. The molecule has 0 aromatic heterocycles. The van der Waals surface area contributed by atoms with Crippen LogP contribution in [0.25, 0.3) is 0 Å². The number of amides is 2. The van der Waals surface area contributed by atoms with Crippen molar-refractivity contribution in [1.82, 2.24) is 5.32 Å². The first-order chi connectivity index (χ1) is 11.5. The van der Waals surface area contributed by atoms with Crippen molar-refractivity contribution in [2.24, 2.45) is 0 Å². The molecule has 0 bridgehead atoms. The van der Waals surface area contributed by atoms with Crippen molar-refractivity contribution in [1.29, 1.82) is 0 Å². The molecular formula is C18H25ClN2O3. The van der Waals surface area contributed by atoms with Gasteiger partial charge in [0.25, 0.3) is 5.91 Å². The molecule has 1 aliphatic carbocycles. The Hall–Kier alpha value is -1.59. The number of halogens is 1. The van der Waals surface area contributed by atoms with Crippen LogP contribution < -0.4 is 10.6 Å². The van der Waals surface area contributed by atoms with Crippen LogP contribution in [0.1, 0.15) is 55.8 Å². The molecule has 132 valence electrons. The molecule has 2 N–H and O–H groups in total. The van der Waals surface area contributed by atoms with E-state index in [1.807, 2.05) is 6.92 Å². The van der Waals surface area contributed by atoms with E-state index < -0.39 is 0 Å². The maximum atomic E-state index is 12.5. The molecule has 2 amide bonds. The highest BCUT2D eigenvalue weighted by atomic mass is 35.5. The first-order valence-corrected chi connectivity index (χ1v) is 8.80. The molecule has 1 fully saturated rings. The molecule has 1 aliphatic rings. The molecule has 24 heavy (non-hydrogen) atoms. The van der Waals surface area contributed by atoms with Crippen molar-refractivity contribution in [2.75, 3.05) is 12.4 Å². The summed E-state index contributed by atoms with van der Waals surface area (Å²) in [4.78, 5) is 24.4. The largest absolute Gasteiger partial charge is 0.381 e. The number of rotatable bonds is 6. The number of nitrogens with one attached hydrogen (secondary N) is 2. The van der Waals surface area contributed by atoms with E-state index in [9.17, 15) is 9.59 Å². The van der Waals surface area contributed by atoms with E-state index in [1.54, 1.807) is 25.3 Å². The summed E-state index contributed by atoms with van der Waals surface area (Å²) in [6.07, 6.45) is 5.63. The number of methoxy groups -OCH3 is 1. The fourth-order valence-electron chi connectivity index (χ4n) is 2.84. The Kier molecular flexibility index (Phi) is 7.06. The Morgan fingerprint density at radius 2 is 2.00 bits per heavy atom. The zero-order chi connectivity index (χ0) is 17.5. The van der Waals surface area contributed by atoms with E-state index in [1.165, 1.54) is 6.42 Å². The molecule has 1 atom stereocenters. The summed E-state index contributed by atoms with van der Waals surface area (Å²) >= 11 is 6.16. The molecule has 1 aromatic rings. The van der Waals surface area contributed by atoms with Gasteiger partial charge in [-0.3, -0.25) is 9.59 Å². The van der Waals surface area contributed by atoms with E-state index in [2.05, 4.69) is 10.6 Å². The highest BCUT2D eigenvalue weighted by Gasteiger charge is 2.19. The number of anilines is 1. The van der Waals surface area contributed by atoms with Crippen molar-refractivity contribution in [3.05, 3.63) is 28.8 Å². The van der Waals surface area contributed by atoms with Crippen LogP contribution in [-0.2, 0) is 9.53 Å². The third-order valence-corrected chi connectivity index (χ3v) is 4.64. The highest BCUT2D eigenvalue weighted by Crippen LogP contribution is 2.23. The lowest BCUT2D eigenvalue weighted by Gasteiger charge is -2.23. The van der Waals surface area contributed by atoms with E-state index in [0.717, 1.165) is 25.7 Å². The molecule has 0 heterocycles. The Bertz CT molecular complexity index is 586. The summed E-state index contributed by atoms with van der Waals surface area (Å²) < 4.78 is 5.08. The SMILES string of the molecule is COC(C)CC(=O)Nc1ccc(Cl)c(C(=O)NC2CCCCC2)c1. The van der Waals surface area contributed by atoms with Gasteiger partial charge in [0.15, 0.2) is 0 Å². The lowest BCUT2D eigenvalue weighted by molar-refractivity contribution is -0.118. The second kappa shape index (κ2) is 9.04. The highest BCUT2D eigenvalue weighted by molar-refractivity contribution is 6.34. The third-order valence-electron chi connectivity index (χ3n) is 4.31. The molecule has 0 spiro atoms. The van der Waals surface area contributed by atoms with Crippen molar-refractivity contribution in [3.8, 4) is 0 Å². The minimum Gasteiger partial charge on any atom is -0.381 e. The number of hydrogen-bond acceptors (Lipinski definition) is 3. The lowest BCUT2D eigenvalue weighted by Crippen LogP contribution is -2.36. The minimum atomic E-state index is -0.187. The molecule has 1 unspecified atom stereocenters. The molecule has 1 saturated carbocycles. The van der Waals surface area contributed by atoms with Crippen molar-refractivity contribution in [2.45, 2.75) is 57.6 Å². The Morgan fingerprint density at radius 3 is 2.67 bits per heavy atom. The predicted octanol–water partition coefficient (Wildman–Crippen LogP) is 3.77. The molecule has 0 radical (unpaired) electrons. The zero-order valence-corrected chi connectivity index (χ0v) is 15.0. The fraction of sp³-hybridized carbons (Fsp3) is 0.556. The second-order valence-electron chi connectivity index (χ2n) is 6.30. The van der Waals surface area contributed by atoms with Gasteiger partial charge in [-0.15, -0.1) is 0 Å². The van der Waals surface area contributed by atoms with Crippen LogP contribution in [0.3, 0.4) is 0 Å². The molecule has 1 aromatic carbocycles. The summed E-state index contributed by atoms with van der Waals surface area (Å²) in [5.74, 6) is -0.349. The van der Waals surface area contributed by atoms with Gasteiger partial charge < -0.3 is 15.4 Å². The van der Waals surface area contributed by atoms with Crippen LogP contribution in [-0.4, -0.2) is 31.1 Å². The smallest absolute Gasteiger partial charge is 0.253 e. The van der Waals surface area contributed by atoms with Crippen LogP contribution in [0.5, 0.6) is 0 Å². The minimum absolute atomic E-state index is 0.161. The standard InChI is InChI=1S/C18H25ClN2O3/c1-12(24-2)10-17(22)20-14-8-9-16(19)15(11-14)18(23)21-13-6-4-3-5-7-13/h8-9,11-13H,3-7,10H2,1-2H3,(H,20,22)(H,21,23). The topological polar surface area (TPSA) is 67.4 Å². The first-order valence-electron chi connectivity index (χ1n) is 8.42. The molecular weight excluding hydrogens is 328 g/mol. The summed E-state index contributed by atoms with van der Waals surface area (Å²) in [7, 11) is 1.56. The molecule has 0 saturated heterocycles. The van der Waals surface area contributed by atoms with Crippen LogP contribution in [0, 0.1) is 0 Å². The Labute approximate surface area is 148 Å². The van der Waals surface area contributed by atoms with E-state index >= 15 is 0 Å². The predicted molar refractivity (Wildman–Crippen MR) is 95.5 cm³/mol. The number of carbonyl (C=O) groups excluding carboxylic acids is 2. The summed E-state index contributed by atoms with van der Waals surface area (Å²) in [6, 6.07) is 5.15. The van der Waals surface area contributed by atoms with Crippen LogP contribution in [0.15, 0.2) is 18.2 Å². The van der Waals surface area contributed by atoms with Gasteiger partial charge in [-0.1, -0.05) is 30.9 Å². The number of benzene rings is 1. The lowest BCUT2D eigenvalue weighted by atomic mass is 9.95. The van der Waals surface area contributed by atoms with Gasteiger partial charge in [0.1, 0.15) is 0 Å². The summed E-state index contributed by atoms with van der Waals surface area (Å²) in [6.45, 7) is 1.82. The van der Waals surface area contributed by atoms with Gasteiger partial charge in [0, 0.05) is 18.8 Å². The quantitative estimate of drug-likeness (QED) is 0.819. The van der Waals surface area contributed by atoms with Crippen LogP contribution in [0.4, 0.5) is 5.69 Å². The summed E-state index contributed by atoms with van der Waals surface area (Å²) in [5.41, 5.74) is 0.946. The Morgan fingerprint density at radius 1 is 1.29 bits per heavy atom. The van der Waals surface area contributed by atoms with E-state index in [4.69, 9.17) is 16.3 Å². The number of carbonyl (C=O) groups is 2. The van der Waals surface area contributed by atoms with Gasteiger partial charge in [0.05, 0.1) is 23.1 Å². The first kappa shape index (κ1) is 18.7. The molecule has 2 rings (SSSR count). The fourth-order valence-corrected chi connectivity index (χ4v) is 3.05. The van der Waals surface area contributed by atoms with Crippen molar-refractivity contribution < 1.29 is 14.3 Å². The van der Waals surface area contributed by atoms with E-state index in [0.29, 0.717) is 16.3 Å².